The highest BCUT2D eigenvalue weighted by Crippen LogP contribution is 2.25. The lowest BCUT2D eigenvalue weighted by atomic mass is 10.1. The van der Waals surface area contributed by atoms with E-state index < -0.39 is 41.8 Å². The molecule has 0 radical (unpaired) electrons. The lowest BCUT2D eigenvalue weighted by molar-refractivity contribution is -0.122. The van der Waals surface area contributed by atoms with Gasteiger partial charge in [-0.25, -0.2) is 9.97 Å². The van der Waals surface area contributed by atoms with Crippen LogP contribution in [0.3, 0.4) is 0 Å². The summed E-state index contributed by atoms with van der Waals surface area (Å²) in [6, 6.07) is 20.5. The van der Waals surface area contributed by atoms with Crippen LogP contribution in [0.1, 0.15) is 77.5 Å². The molecule has 3 N–H and O–H groups in total. The monoisotopic (exact) mass is 665 g/mol. The number of rotatable bonds is 4. The second-order valence-corrected chi connectivity index (χ2v) is 12.8. The van der Waals surface area contributed by atoms with Crippen molar-refractivity contribution in [2.45, 2.75) is 31.5 Å². The number of amides is 4. The van der Waals surface area contributed by atoms with E-state index in [0.717, 1.165) is 11.1 Å². The number of nitrogens with zero attached hydrogens (tertiary/aromatic N) is 4. The van der Waals surface area contributed by atoms with Crippen molar-refractivity contribution in [3.63, 3.8) is 0 Å². The van der Waals surface area contributed by atoms with Gasteiger partial charge in [-0.3, -0.25) is 24.2 Å². The van der Waals surface area contributed by atoms with Gasteiger partial charge >= 0.3 is 0 Å². The zero-order valence-corrected chi connectivity index (χ0v) is 27.0. The molecular weight excluding hydrogens is 635 g/mol. The predicted octanol–water partition coefficient (Wildman–Crippen LogP) is 4.51. The number of hydrogen-bond donors (Lipinski definition) is 3. The molecule has 4 amide bonds. The molecular formula is C34H31N7O4S2. The van der Waals surface area contributed by atoms with Gasteiger partial charge in [0.25, 0.3) is 17.7 Å². The van der Waals surface area contributed by atoms with Gasteiger partial charge < -0.3 is 20.9 Å². The smallest absolute Gasteiger partial charge is 0.271 e. The number of nitrogens with one attached hydrogen (secondary N) is 3. The Kier molecular flexibility index (Phi) is 9.74. The van der Waals surface area contributed by atoms with Crippen molar-refractivity contribution in [3.8, 4) is 0 Å². The first-order chi connectivity index (χ1) is 22.8. The number of aromatic nitrogens is 3. The summed E-state index contributed by atoms with van der Waals surface area (Å²) in [5.74, 6) is -1.70. The molecule has 4 bridgehead atoms. The van der Waals surface area contributed by atoms with Gasteiger partial charge in [-0.2, -0.15) is 0 Å². The fourth-order valence-electron chi connectivity index (χ4n) is 5.21. The molecule has 0 saturated heterocycles. The molecule has 0 saturated carbocycles. The number of thiazole rings is 2. The van der Waals surface area contributed by atoms with Crippen LogP contribution in [0.15, 0.2) is 96.0 Å². The topological polar surface area (TPSA) is 146 Å². The van der Waals surface area contributed by atoms with Crippen molar-refractivity contribution in [2.75, 3.05) is 13.1 Å². The van der Waals surface area contributed by atoms with Crippen LogP contribution in [-0.4, -0.2) is 56.6 Å². The van der Waals surface area contributed by atoms with Gasteiger partial charge in [0.05, 0.1) is 30.2 Å². The largest absolute Gasteiger partial charge is 0.346 e. The van der Waals surface area contributed by atoms with Gasteiger partial charge in [0.2, 0.25) is 5.91 Å². The number of carbonyl (C=O) groups excluding carboxylic acids is 4. The van der Waals surface area contributed by atoms with Crippen molar-refractivity contribution in [1.82, 2.24) is 35.8 Å². The molecule has 2 aromatic carbocycles. The summed E-state index contributed by atoms with van der Waals surface area (Å²) < 4.78 is 0. The van der Waals surface area contributed by atoms with Crippen molar-refractivity contribution in [1.29, 1.82) is 0 Å². The van der Waals surface area contributed by atoms with Crippen LogP contribution in [-0.2, 0) is 11.2 Å². The van der Waals surface area contributed by atoms with E-state index in [-0.39, 0.29) is 24.5 Å². The van der Waals surface area contributed by atoms with Crippen LogP contribution in [0.2, 0.25) is 0 Å². The van der Waals surface area contributed by atoms with Gasteiger partial charge in [-0.1, -0.05) is 60.7 Å². The quantitative estimate of drug-likeness (QED) is 0.256. The Morgan fingerprint density at radius 1 is 0.830 bits per heavy atom. The lowest BCUT2D eigenvalue weighted by Gasteiger charge is -2.28. The zero-order chi connectivity index (χ0) is 32.8. The average Bonchev–Trinajstić information content (AvgIpc) is 3.79. The minimum atomic E-state index is -0.681. The fourth-order valence-corrected chi connectivity index (χ4v) is 6.87. The number of hydrogen-bond acceptors (Lipinski definition) is 9. The number of fused-ring (bicyclic) bond motifs is 4. The molecule has 6 rings (SSSR count). The Labute approximate surface area is 279 Å². The maximum atomic E-state index is 13.8. The summed E-state index contributed by atoms with van der Waals surface area (Å²) in [5, 5.41) is 13.4. The van der Waals surface area contributed by atoms with E-state index in [2.05, 4.69) is 30.9 Å². The molecule has 238 valence electrons. The van der Waals surface area contributed by atoms with Gasteiger partial charge in [-0.05, 0) is 36.6 Å². The first-order valence-corrected chi connectivity index (χ1v) is 16.7. The molecule has 4 heterocycles. The standard InChI is InChI=1S/C34H31N7O4S2/c1-21-32-39-27(19-46-32)30(43)37-25(15-22-9-4-2-5-10-22)33-40-28(20-47-33)31(44)38-26(23-11-6-3-7-12-23)17-41(18-29(42)36-21)34(45)24-13-8-14-35-16-24/h2-14,16,19-21,25-26H,15,17-18H2,1H3,(H,36,42)(H,37,43)(H,38,44)/t21-,25+,26-/m0/s1. The van der Waals surface area contributed by atoms with E-state index >= 15 is 0 Å². The molecule has 0 fully saturated rings. The summed E-state index contributed by atoms with van der Waals surface area (Å²) >= 11 is 2.53. The Bertz CT molecular complexity index is 1860. The number of carbonyl (C=O) groups is 4. The van der Waals surface area contributed by atoms with E-state index in [1.54, 1.807) is 36.0 Å². The first-order valence-electron chi connectivity index (χ1n) is 14.9. The Balaban J connectivity index is 1.38. The van der Waals surface area contributed by atoms with Gasteiger partial charge in [0.1, 0.15) is 21.4 Å². The average molecular weight is 666 g/mol. The maximum absolute atomic E-state index is 13.8. The van der Waals surface area contributed by atoms with Crippen LogP contribution in [0.25, 0.3) is 0 Å². The molecule has 3 atom stereocenters. The number of benzene rings is 2. The Hall–Kier alpha value is -5.27. The van der Waals surface area contributed by atoms with Gasteiger partial charge in [0, 0.05) is 29.7 Å². The second-order valence-electron chi connectivity index (χ2n) is 11.0. The Morgan fingerprint density at radius 3 is 2.19 bits per heavy atom. The normalized spacial score (nSPS) is 19.1. The molecule has 13 heteroatoms. The molecule has 47 heavy (non-hydrogen) atoms. The molecule has 5 aromatic rings. The van der Waals surface area contributed by atoms with E-state index in [4.69, 9.17) is 0 Å². The molecule has 11 nitrogen and oxygen atoms in total. The molecule has 1 aliphatic heterocycles. The van der Waals surface area contributed by atoms with Crippen LogP contribution in [0.5, 0.6) is 0 Å². The Morgan fingerprint density at radius 2 is 1.49 bits per heavy atom. The molecule has 1 aliphatic rings. The molecule has 0 aliphatic carbocycles. The second kappa shape index (κ2) is 14.4. The third-order valence-corrected chi connectivity index (χ3v) is 9.57. The zero-order valence-electron chi connectivity index (χ0n) is 25.3. The van der Waals surface area contributed by atoms with Crippen molar-refractivity contribution in [2.24, 2.45) is 0 Å². The van der Waals surface area contributed by atoms with Crippen LogP contribution < -0.4 is 16.0 Å². The molecule has 0 unspecified atom stereocenters. The van der Waals surface area contributed by atoms with E-state index in [1.165, 1.54) is 33.8 Å². The summed E-state index contributed by atoms with van der Waals surface area (Å²) in [5.41, 5.74) is 2.41. The van der Waals surface area contributed by atoms with Gasteiger partial charge in [0.15, 0.2) is 0 Å². The van der Waals surface area contributed by atoms with Gasteiger partial charge in [-0.15, -0.1) is 22.7 Å². The highest BCUT2D eigenvalue weighted by molar-refractivity contribution is 7.10. The highest BCUT2D eigenvalue weighted by atomic mass is 32.1. The summed E-state index contributed by atoms with van der Waals surface area (Å²) in [6.07, 6.45) is 3.45. The third kappa shape index (κ3) is 7.76. The minimum absolute atomic E-state index is 0.00361. The highest BCUT2D eigenvalue weighted by Gasteiger charge is 2.29. The maximum Gasteiger partial charge on any atom is 0.271 e. The van der Waals surface area contributed by atoms with E-state index in [9.17, 15) is 19.2 Å². The summed E-state index contributed by atoms with van der Waals surface area (Å²) in [6.45, 7) is 1.47. The van der Waals surface area contributed by atoms with Crippen molar-refractivity contribution >= 4 is 46.3 Å². The lowest BCUT2D eigenvalue weighted by Crippen LogP contribution is -2.46. The molecule has 3 aromatic heterocycles. The first kappa shape index (κ1) is 31.7. The van der Waals surface area contributed by atoms with Crippen LogP contribution in [0, 0.1) is 0 Å². The molecule has 0 spiro atoms. The summed E-state index contributed by atoms with van der Waals surface area (Å²) in [7, 11) is 0. The third-order valence-electron chi connectivity index (χ3n) is 7.58. The fraction of sp³-hybridized carbons (Fsp3) is 0.206. The summed E-state index contributed by atoms with van der Waals surface area (Å²) in [4.78, 5) is 69.0. The predicted molar refractivity (Wildman–Crippen MR) is 178 cm³/mol. The SMILES string of the molecule is C[C@@H]1NC(=O)CN(C(=O)c2cccnc2)C[C@@H](c2ccccc2)NC(=O)c2csc(n2)[C@@H](Cc2ccccc2)NC(=O)c2csc1n2. The van der Waals surface area contributed by atoms with Crippen molar-refractivity contribution < 1.29 is 19.2 Å². The minimum Gasteiger partial charge on any atom is -0.346 e. The van der Waals surface area contributed by atoms with Crippen molar-refractivity contribution in [3.05, 3.63) is 134 Å². The van der Waals surface area contributed by atoms with Crippen LogP contribution in [0.4, 0.5) is 0 Å². The van der Waals surface area contributed by atoms with E-state index in [0.29, 0.717) is 22.0 Å². The van der Waals surface area contributed by atoms with E-state index in [1.807, 2.05) is 60.7 Å². The number of pyridine rings is 1. The van der Waals surface area contributed by atoms with Crippen LogP contribution >= 0.6 is 22.7 Å².